The van der Waals surface area contributed by atoms with E-state index in [1.807, 2.05) is 0 Å². The number of hydrogen-bond donors (Lipinski definition) is 1. The zero-order valence-electron chi connectivity index (χ0n) is 7.25. The molecule has 78 valence electrons. The predicted molar refractivity (Wildman–Crippen MR) is 52.2 cm³/mol. The molecule has 1 N–H and O–H groups in total. The highest BCUT2D eigenvalue weighted by Gasteiger charge is 2.13. The van der Waals surface area contributed by atoms with Crippen molar-refractivity contribution in [3.8, 4) is 0 Å². The maximum atomic E-state index is 11.3. The van der Waals surface area contributed by atoms with Crippen molar-refractivity contribution in [3.05, 3.63) is 44.1 Å². The Morgan fingerprint density at radius 2 is 2.27 bits per heavy atom. The molecule has 0 spiro atoms. The van der Waals surface area contributed by atoms with Gasteiger partial charge in [0.15, 0.2) is 0 Å². The molecular weight excluding hydrogens is 224 g/mol. The molecule has 1 aromatic carbocycles. The zero-order chi connectivity index (χ0) is 11.0. The molecule has 1 aliphatic heterocycles. The van der Waals surface area contributed by atoms with Crippen LogP contribution in [0.2, 0.25) is 0 Å². The first-order valence-corrected chi connectivity index (χ1v) is 4.23. The Kier molecular flexibility index (Phi) is 2.09. The number of nitrogens with one attached hydrogen (secondary N) is 1. The average molecular weight is 229 g/mol. The first kappa shape index (κ1) is 9.53. The van der Waals surface area contributed by atoms with E-state index in [0.29, 0.717) is 10.1 Å². The van der Waals surface area contributed by atoms with E-state index in [1.54, 1.807) is 0 Å². The number of halogens is 1. The number of nitrogens with zero attached hydrogens (tertiary/aromatic N) is 3. The minimum Gasteiger partial charge on any atom is -0.594 e. The van der Waals surface area contributed by atoms with Gasteiger partial charge in [-0.05, 0) is 6.07 Å². The summed E-state index contributed by atoms with van der Waals surface area (Å²) in [5.41, 5.74) is 2.05. The molecule has 0 aliphatic carbocycles. The average Bonchev–Trinajstić information content (AvgIpc) is 2.16. The van der Waals surface area contributed by atoms with E-state index in [1.165, 1.54) is 24.4 Å². The molecule has 0 atom stereocenters. The lowest BCUT2D eigenvalue weighted by atomic mass is 10.2. The number of rotatable bonds is 1. The highest BCUT2D eigenvalue weighted by Crippen LogP contribution is 2.03. The highest BCUT2D eigenvalue weighted by molar-refractivity contribution is 6.15. The first-order chi connectivity index (χ1) is 7.08. The van der Waals surface area contributed by atoms with Crippen molar-refractivity contribution in [1.82, 2.24) is 14.9 Å². The Morgan fingerprint density at radius 1 is 1.53 bits per heavy atom. The van der Waals surface area contributed by atoms with Gasteiger partial charge in [-0.3, -0.25) is 10.1 Å². The van der Waals surface area contributed by atoms with Crippen LogP contribution in [0.25, 0.3) is 6.20 Å². The molecule has 8 heteroatoms. The number of hydrazine groups is 2. The maximum Gasteiger partial charge on any atom is 0.276 e. The molecule has 0 bridgehead atoms. The normalized spacial score (nSPS) is 13.9. The third-order valence-corrected chi connectivity index (χ3v) is 2.06. The van der Waals surface area contributed by atoms with Gasteiger partial charge in [-0.2, -0.15) is 4.53 Å². The molecule has 2 rings (SSSR count). The lowest BCUT2D eigenvalue weighted by Gasteiger charge is -2.14. The van der Waals surface area contributed by atoms with E-state index in [-0.39, 0.29) is 11.0 Å². The lowest BCUT2D eigenvalue weighted by molar-refractivity contribution is -0.385. The fourth-order valence-electron chi connectivity index (χ4n) is 1.22. The molecule has 1 aromatic rings. The summed E-state index contributed by atoms with van der Waals surface area (Å²) < 4.78 is 0.946. The molecule has 0 aromatic heterocycles. The Labute approximate surface area is 88.3 Å². The van der Waals surface area contributed by atoms with E-state index in [4.69, 9.17) is 11.8 Å². The molecule has 1 aliphatic rings. The van der Waals surface area contributed by atoms with Gasteiger partial charge in [-0.1, -0.05) is 10.4 Å². The summed E-state index contributed by atoms with van der Waals surface area (Å²) in [7, 11) is 0. The van der Waals surface area contributed by atoms with Crippen LogP contribution in [0.3, 0.4) is 0 Å². The number of benzene rings is 1. The van der Waals surface area contributed by atoms with Crippen LogP contribution in [0.4, 0.5) is 5.69 Å². The van der Waals surface area contributed by atoms with Crippen molar-refractivity contribution in [2.24, 2.45) is 0 Å². The van der Waals surface area contributed by atoms with Crippen LogP contribution < -0.4 is 21.0 Å². The van der Waals surface area contributed by atoms with Crippen molar-refractivity contribution in [2.45, 2.75) is 0 Å². The van der Waals surface area contributed by atoms with Gasteiger partial charge in [0, 0.05) is 17.8 Å². The fourth-order valence-corrected chi connectivity index (χ4v) is 1.40. The van der Waals surface area contributed by atoms with Gasteiger partial charge >= 0.3 is 0 Å². The van der Waals surface area contributed by atoms with E-state index < -0.39 is 4.92 Å². The summed E-state index contributed by atoms with van der Waals surface area (Å²) in [6, 6.07) is 3.93. The minimum absolute atomic E-state index is 0.146. The van der Waals surface area contributed by atoms with Gasteiger partial charge < -0.3 is 5.21 Å². The van der Waals surface area contributed by atoms with Crippen molar-refractivity contribution in [2.75, 3.05) is 0 Å². The molecule has 15 heavy (non-hydrogen) atoms. The second-order valence-corrected chi connectivity index (χ2v) is 3.20. The third kappa shape index (κ3) is 1.64. The van der Waals surface area contributed by atoms with Crippen molar-refractivity contribution >= 4 is 23.7 Å². The second kappa shape index (κ2) is 3.28. The quantitative estimate of drug-likeness (QED) is 0.224. The molecule has 0 radical (unpaired) electrons. The smallest absolute Gasteiger partial charge is 0.276 e. The summed E-state index contributed by atoms with van der Waals surface area (Å²) in [6.07, 6.45) is 1.44. The summed E-state index contributed by atoms with van der Waals surface area (Å²) in [5, 5.41) is 22.4. The van der Waals surface area contributed by atoms with Crippen LogP contribution >= 0.6 is 11.8 Å². The Morgan fingerprint density at radius 3 is 2.93 bits per heavy atom. The van der Waals surface area contributed by atoms with E-state index in [9.17, 15) is 15.3 Å². The molecule has 0 unspecified atom stereocenters. The largest absolute Gasteiger partial charge is 0.594 e. The predicted octanol–water partition coefficient (Wildman–Crippen LogP) is -0.789. The van der Waals surface area contributed by atoms with Gasteiger partial charge in [0.05, 0.1) is 22.4 Å². The first-order valence-electron chi connectivity index (χ1n) is 3.90. The monoisotopic (exact) mass is 228 g/mol. The standard InChI is InChI=1S/C7H5ClN4O3/c8-10-4-5-1-2-6(12(14)15)3-7(5)11(13)9-10/h1-4,9H. The van der Waals surface area contributed by atoms with Gasteiger partial charge in [0.2, 0.25) is 0 Å². The molecule has 1 heterocycles. The van der Waals surface area contributed by atoms with E-state index in [2.05, 4.69) is 5.53 Å². The summed E-state index contributed by atoms with van der Waals surface area (Å²) in [6.45, 7) is 0. The zero-order valence-corrected chi connectivity index (χ0v) is 8.01. The Balaban J connectivity index is 2.73. The molecule has 0 fully saturated rings. The van der Waals surface area contributed by atoms with Gasteiger partial charge in [0.25, 0.3) is 11.0 Å². The van der Waals surface area contributed by atoms with Crippen LogP contribution in [0, 0.1) is 15.3 Å². The second-order valence-electron chi connectivity index (χ2n) is 2.83. The third-order valence-electron chi connectivity index (χ3n) is 1.88. The number of nitro groups is 1. The van der Waals surface area contributed by atoms with Crippen LogP contribution in [-0.2, 0) is 0 Å². The van der Waals surface area contributed by atoms with Crippen LogP contribution in [0.5, 0.6) is 0 Å². The van der Waals surface area contributed by atoms with Gasteiger partial charge in [-0.15, -0.1) is 0 Å². The number of fused-ring (bicyclic) bond motifs is 1. The Bertz CT molecular complexity index is 544. The Hall–Kier alpha value is -2.02. The van der Waals surface area contributed by atoms with Crippen LogP contribution in [0.15, 0.2) is 18.2 Å². The highest BCUT2D eigenvalue weighted by atomic mass is 35.5. The summed E-state index contributed by atoms with van der Waals surface area (Å²) >= 11 is 5.53. The summed E-state index contributed by atoms with van der Waals surface area (Å²) in [5.74, 6) is 0. The van der Waals surface area contributed by atoms with Gasteiger partial charge in [0.1, 0.15) is 0 Å². The molecular formula is C7H5ClN4O3. The number of nitro benzene ring substituents is 1. The van der Waals surface area contributed by atoms with E-state index >= 15 is 0 Å². The maximum absolute atomic E-state index is 11.3. The summed E-state index contributed by atoms with van der Waals surface area (Å²) in [4.78, 5) is 10.3. The molecule has 7 nitrogen and oxygen atoms in total. The van der Waals surface area contributed by atoms with Crippen molar-refractivity contribution in [1.29, 1.82) is 0 Å². The molecule has 0 amide bonds. The van der Waals surface area contributed by atoms with Crippen molar-refractivity contribution in [3.63, 3.8) is 0 Å². The van der Waals surface area contributed by atoms with Crippen LogP contribution in [-0.4, -0.2) is 9.45 Å². The fraction of sp³-hybridized carbons (Fsp3) is 0. The van der Waals surface area contributed by atoms with Crippen molar-refractivity contribution < 1.29 is 4.92 Å². The molecule has 0 saturated carbocycles. The number of non-ortho nitro benzene ring substituents is 1. The van der Waals surface area contributed by atoms with Gasteiger partial charge in [-0.25, -0.2) is 0 Å². The molecule has 0 saturated heterocycles. The minimum atomic E-state index is -0.568. The van der Waals surface area contributed by atoms with E-state index in [0.717, 1.165) is 4.53 Å². The van der Waals surface area contributed by atoms with Crippen LogP contribution in [0.1, 0.15) is 0 Å². The lowest BCUT2D eigenvalue weighted by Crippen LogP contribution is -2.52. The topological polar surface area (TPSA) is 84.5 Å². The number of hydrogen-bond acceptors (Lipinski definition) is 5. The SMILES string of the molecule is O=[N+]([O-])c1ccc2c(c1)=[N+]([O-])NN(Cl)C=2.